The highest BCUT2D eigenvalue weighted by atomic mass is 16.4. The summed E-state index contributed by atoms with van der Waals surface area (Å²) in [6, 6.07) is -1.18. The fourth-order valence-electron chi connectivity index (χ4n) is 2.46. The van der Waals surface area contributed by atoms with Crippen LogP contribution in [0, 0.1) is 5.92 Å². The average molecular weight is 283 g/mol. The lowest BCUT2D eigenvalue weighted by Crippen LogP contribution is -2.50. The van der Waals surface area contributed by atoms with E-state index < -0.39 is 12.0 Å². The molecule has 1 fully saturated rings. The van der Waals surface area contributed by atoms with E-state index in [1.54, 1.807) is 4.90 Å². The van der Waals surface area contributed by atoms with E-state index in [9.17, 15) is 9.59 Å². The molecule has 0 aliphatic carbocycles. The molecule has 0 aromatic rings. The minimum atomic E-state index is -1.03. The van der Waals surface area contributed by atoms with Crippen molar-refractivity contribution in [2.24, 2.45) is 5.92 Å². The predicted molar refractivity (Wildman–Crippen MR) is 77.6 cm³/mol. The van der Waals surface area contributed by atoms with Gasteiger partial charge in [-0.05, 0) is 39.3 Å². The molecule has 0 spiro atoms. The van der Waals surface area contributed by atoms with Gasteiger partial charge >= 0.3 is 12.0 Å². The predicted octanol–water partition coefficient (Wildman–Crippen LogP) is 0.999. The maximum atomic E-state index is 12.0. The smallest absolute Gasteiger partial charge is 0.326 e. The second-order valence-corrected chi connectivity index (χ2v) is 5.56. The molecule has 0 aromatic heterocycles. The molecule has 6 heteroatoms. The SMILES string of the molecule is C=CCC(NC(=O)N1CCC(CN(C)C)CC1)C(=O)O. The third-order valence-electron chi connectivity index (χ3n) is 3.52. The first-order valence-electron chi connectivity index (χ1n) is 6.98. The normalized spacial score (nSPS) is 17.9. The minimum absolute atomic E-state index is 0.234. The number of carbonyl (C=O) groups is 2. The molecule has 1 unspecified atom stereocenters. The third-order valence-corrected chi connectivity index (χ3v) is 3.52. The number of carboxylic acids is 1. The number of piperidine rings is 1. The molecule has 1 aliphatic heterocycles. The molecule has 0 bridgehead atoms. The van der Waals surface area contributed by atoms with Gasteiger partial charge in [0.2, 0.25) is 0 Å². The van der Waals surface area contributed by atoms with Crippen LogP contribution in [0.15, 0.2) is 12.7 Å². The number of aliphatic carboxylic acids is 1. The zero-order chi connectivity index (χ0) is 15.1. The summed E-state index contributed by atoms with van der Waals surface area (Å²) in [7, 11) is 4.09. The van der Waals surface area contributed by atoms with Crippen LogP contribution < -0.4 is 5.32 Å². The fourth-order valence-corrected chi connectivity index (χ4v) is 2.46. The van der Waals surface area contributed by atoms with Crippen LogP contribution in [-0.4, -0.2) is 66.7 Å². The second-order valence-electron chi connectivity index (χ2n) is 5.56. The minimum Gasteiger partial charge on any atom is -0.480 e. The number of rotatable bonds is 6. The van der Waals surface area contributed by atoms with Gasteiger partial charge in [-0.25, -0.2) is 9.59 Å². The Bertz CT molecular complexity index is 350. The van der Waals surface area contributed by atoms with Gasteiger partial charge < -0.3 is 20.2 Å². The number of carboxylic acid groups (broad SMARTS) is 1. The Labute approximate surface area is 120 Å². The maximum absolute atomic E-state index is 12.0. The topological polar surface area (TPSA) is 72.9 Å². The molecule has 20 heavy (non-hydrogen) atoms. The van der Waals surface area contributed by atoms with Crippen molar-refractivity contribution in [2.45, 2.75) is 25.3 Å². The highest BCUT2D eigenvalue weighted by molar-refractivity contribution is 5.82. The van der Waals surface area contributed by atoms with E-state index in [2.05, 4.69) is 16.8 Å². The van der Waals surface area contributed by atoms with Crippen LogP contribution in [0.2, 0.25) is 0 Å². The highest BCUT2D eigenvalue weighted by Gasteiger charge is 2.26. The van der Waals surface area contributed by atoms with Crippen LogP contribution in [0.5, 0.6) is 0 Å². The summed E-state index contributed by atoms with van der Waals surface area (Å²) in [6.07, 6.45) is 3.66. The van der Waals surface area contributed by atoms with Crippen molar-refractivity contribution in [2.75, 3.05) is 33.7 Å². The third kappa shape index (κ3) is 5.21. The van der Waals surface area contributed by atoms with Crippen LogP contribution in [-0.2, 0) is 4.79 Å². The molecule has 2 N–H and O–H groups in total. The molecular formula is C14H25N3O3. The average Bonchev–Trinajstić information content (AvgIpc) is 2.38. The molecule has 0 saturated carbocycles. The quantitative estimate of drug-likeness (QED) is 0.713. The second kappa shape index (κ2) is 7.89. The van der Waals surface area contributed by atoms with Gasteiger partial charge in [0.25, 0.3) is 0 Å². The molecule has 6 nitrogen and oxygen atoms in total. The van der Waals surface area contributed by atoms with E-state index in [1.165, 1.54) is 6.08 Å². The molecule has 0 aromatic carbocycles. The fraction of sp³-hybridized carbons (Fsp3) is 0.714. The van der Waals surface area contributed by atoms with Gasteiger partial charge in [-0.2, -0.15) is 0 Å². The number of likely N-dealkylation sites (tertiary alicyclic amines) is 1. The summed E-state index contributed by atoms with van der Waals surface area (Å²) in [5, 5.41) is 11.6. The van der Waals surface area contributed by atoms with Crippen molar-refractivity contribution >= 4 is 12.0 Å². The van der Waals surface area contributed by atoms with E-state index in [0.29, 0.717) is 19.0 Å². The van der Waals surface area contributed by atoms with Crippen molar-refractivity contribution in [3.8, 4) is 0 Å². The monoisotopic (exact) mass is 283 g/mol. The molecule has 1 aliphatic rings. The molecule has 114 valence electrons. The summed E-state index contributed by atoms with van der Waals surface area (Å²) in [5.74, 6) is -0.418. The van der Waals surface area contributed by atoms with Gasteiger partial charge in [-0.15, -0.1) is 6.58 Å². The Morgan fingerprint density at radius 3 is 2.50 bits per heavy atom. The lowest BCUT2D eigenvalue weighted by atomic mass is 9.96. The first-order chi connectivity index (χ1) is 9.43. The molecule has 1 atom stereocenters. The number of urea groups is 1. The Morgan fingerprint density at radius 2 is 2.05 bits per heavy atom. The van der Waals surface area contributed by atoms with Crippen molar-refractivity contribution in [1.29, 1.82) is 0 Å². The first kappa shape index (κ1) is 16.5. The summed E-state index contributed by atoms with van der Waals surface area (Å²) < 4.78 is 0. The van der Waals surface area contributed by atoms with Crippen LogP contribution in [0.4, 0.5) is 4.79 Å². The maximum Gasteiger partial charge on any atom is 0.326 e. The van der Waals surface area contributed by atoms with Gasteiger partial charge in [0.05, 0.1) is 0 Å². The van der Waals surface area contributed by atoms with Gasteiger partial charge in [0.1, 0.15) is 6.04 Å². The van der Waals surface area contributed by atoms with Crippen LogP contribution in [0.3, 0.4) is 0 Å². The van der Waals surface area contributed by atoms with E-state index in [1.807, 2.05) is 14.1 Å². The lowest BCUT2D eigenvalue weighted by molar-refractivity contribution is -0.139. The number of nitrogens with zero attached hydrogens (tertiary/aromatic N) is 2. The Hall–Kier alpha value is -1.56. The van der Waals surface area contributed by atoms with Crippen molar-refractivity contribution in [3.63, 3.8) is 0 Å². The van der Waals surface area contributed by atoms with E-state index in [-0.39, 0.29) is 12.5 Å². The number of nitrogens with one attached hydrogen (secondary N) is 1. The molecule has 0 radical (unpaired) electrons. The first-order valence-corrected chi connectivity index (χ1v) is 6.98. The Kier molecular flexibility index (Phi) is 6.51. The van der Waals surface area contributed by atoms with E-state index >= 15 is 0 Å². The molecule has 1 heterocycles. The van der Waals surface area contributed by atoms with Crippen LogP contribution in [0.1, 0.15) is 19.3 Å². The largest absolute Gasteiger partial charge is 0.480 e. The van der Waals surface area contributed by atoms with Gasteiger partial charge in [-0.3, -0.25) is 0 Å². The van der Waals surface area contributed by atoms with Crippen LogP contribution >= 0.6 is 0 Å². The lowest BCUT2D eigenvalue weighted by Gasteiger charge is -2.33. The summed E-state index contributed by atoms with van der Waals surface area (Å²) in [5.41, 5.74) is 0. The van der Waals surface area contributed by atoms with Crippen LogP contribution in [0.25, 0.3) is 0 Å². The number of hydrogen-bond acceptors (Lipinski definition) is 3. The molecule has 2 amide bonds. The summed E-state index contributed by atoms with van der Waals surface area (Å²) in [4.78, 5) is 26.9. The zero-order valence-corrected chi connectivity index (χ0v) is 12.3. The zero-order valence-electron chi connectivity index (χ0n) is 12.3. The number of amides is 2. The van der Waals surface area contributed by atoms with Crippen molar-refractivity contribution in [1.82, 2.24) is 15.1 Å². The molecular weight excluding hydrogens is 258 g/mol. The highest BCUT2D eigenvalue weighted by Crippen LogP contribution is 2.17. The van der Waals surface area contributed by atoms with Gasteiger partial charge in [0.15, 0.2) is 0 Å². The Morgan fingerprint density at radius 1 is 1.45 bits per heavy atom. The van der Waals surface area contributed by atoms with E-state index in [4.69, 9.17) is 5.11 Å². The van der Waals surface area contributed by atoms with Gasteiger partial charge in [0, 0.05) is 19.6 Å². The molecule has 1 saturated heterocycles. The summed E-state index contributed by atoms with van der Waals surface area (Å²) in [6.45, 7) is 5.91. The number of hydrogen-bond donors (Lipinski definition) is 2. The standard InChI is InChI=1S/C14H25N3O3/c1-4-5-12(13(18)19)15-14(20)17-8-6-11(7-9-17)10-16(2)3/h4,11-12H,1,5-10H2,2-3H3,(H,15,20)(H,18,19). The molecule has 1 rings (SSSR count). The summed E-state index contributed by atoms with van der Waals surface area (Å²) >= 11 is 0. The number of carbonyl (C=O) groups excluding carboxylic acids is 1. The van der Waals surface area contributed by atoms with Gasteiger partial charge in [-0.1, -0.05) is 6.08 Å². The van der Waals surface area contributed by atoms with E-state index in [0.717, 1.165) is 19.4 Å². The van der Waals surface area contributed by atoms with Crippen molar-refractivity contribution in [3.05, 3.63) is 12.7 Å². The Balaban J connectivity index is 2.42. The van der Waals surface area contributed by atoms with Crippen molar-refractivity contribution < 1.29 is 14.7 Å².